The Balaban J connectivity index is 2.22. The molecule has 98 valence electrons. The monoisotopic (exact) mass is 351 g/mol. The van der Waals surface area contributed by atoms with Crippen molar-refractivity contribution in [2.24, 2.45) is 0 Å². The largest absolute Gasteiger partial charge is 0.241 e. The van der Waals surface area contributed by atoms with E-state index in [1.54, 1.807) is 12.1 Å². The number of sulfonamides is 1. The van der Waals surface area contributed by atoms with E-state index in [4.69, 9.17) is 0 Å². The minimum atomic E-state index is -3.71. The van der Waals surface area contributed by atoms with Crippen LogP contribution in [-0.2, 0) is 19.9 Å². The molecule has 2 rings (SSSR count). The summed E-state index contributed by atoms with van der Waals surface area (Å²) < 4.78 is 49.3. The summed E-state index contributed by atoms with van der Waals surface area (Å²) in [5.41, 5.74) is 0. The van der Waals surface area contributed by atoms with E-state index in [1.165, 1.54) is 18.2 Å². The standard InChI is InChI=1S/C10H10BrNO4S2/c11-8-2-1-3-10(6-8)18(15,16)12-9-4-5-17(13,14)7-9/h1-6,9,12H,7H2. The maximum absolute atomic E-state index is 12.0. The molecule has 1 heterocycles. The van der Waals surface area contributed by atoms with Crippen LogP contribution in [0.25, 0.3) is 0 Å². The average Bonchev–Trinajstić information content (AvgIpc) is 2.57. The molecular weight excluding hydrogens is 342 g/mol. The topological polar surface area (TPSA) is 80.3 Å². The second kappa shape index (κ2) is 4.76. The Labute approximate surface area is 114 Å². The van der Waals surface area contributed by atoms with Crippen LogP contribution < -0.4 is 4.72 Å². The number of nitrogens with one attached hydrogen (secondary N) is 1. The quantitative estimate of drug-likeness (QED) is 0.882. The minimum absolute atomic E-state index is 0.0922. The van der Waals surface area contributed by atoms with Gasteiger partial charge < -0.3 is 0 Å². The zero-order chi connectivity index (χ0) is 13.4. The highest BCUT2D eigenvalue weighted by Gasteiger charge is 2.26. The second-order valence-electron chi connectivity index (χ2n) is 3.84. The van der Waals surface area contributed by atoms with Crippen LogP contribution in [0.4, 0.5) is 0 Å². The molecule has 18 heavy (non-hydrogen) atoms. The van der Waals surface area contributed by atoms with E-state index in [0.717, 1.165) is 5.41 Å². The zero-order valence-corrected chi connectivity index (χ0v) is 12.3. The van der Waals surface area contributed by atoms with Gasteiger partial charge in [-0.2, -0.15) is 0 Å². The van der Waals surface area contributed by atoms with Gasteiger partial charge in [-0.3, -0.25) is 0 Å². The first-order chi connectivity index (χ1) is 8.28. The van der Waals surface area contributed by atoms with E-state index >= 15 is 0 Å². The summed E-state index contributed by atoms with van der Waals surface area (Å²) in [5, 5.41) is 1.03. The Bertz CT molecular complexity index is 694. The summed E-state index contributed by atoms with van der Waals surface area (Å²) in [5.74, 6) is -0.236. The van der Waals surface area contributed by atoms with Gasteiger partial charge in [0.05, 0.1) is 16.7 Å². The van der Waals surface area contributed by atoms with Crippen molar-refractivity contribution in [3.63, 3.8) is 0 Å². The fourth-order valence-corrected chi connectivity index (χ4v) is 4.68. The Morgan fingerprint density at radius 3 is 2.61 bits per heavy atom. The van der Waals surface area contributed by atoms with Crippen molar-refractivity contribution >= 4 is 35.8 Å². The van der Waals surface area contributed by atoms with E-state index in [9.17, 15) is 16.8 Å². The van der Waals surface area contributed by atoms with Gasteiger partial charge >= 0.3 is 0 Å². The first-order valence-electron chi connectivity index (χ1n) is 4.97. The molecule has 0 amide bonds. The molecule has 1 aliphatic heterocycles. The van der Waals surface area contributed by atoms with Crippen molar-refractivity contribution in [2.45, 2.75) is 10.9 Å². The molecule has 8 heteroatoms. The number of halogens is 1. The Morgan fingerprint density at radius 2 is 2.06 bits per heavy atom. The predicted molar refractivity (Wildman–Crippen MR) is 71.2 cm³/mol. The van der Waals surface area contributed by atoms with Gasteiger partial charge in [0.25, 0.3) is 0 Å². The third kappa shape index (κ3) is 3.19. The van der Waals surface area contributed by atoms with Crippen molar-refractivity contribution in [3.05, 3.63) is 40.2 Å². The van der Waals surface area contributed by atoms with E-state index in [-0.39, 0.29) is 10.6 Å². The molecule has 1 aromatic carbocycles. The summed E-state index contributed by atoms with van der Waals surface area (Å²) in [6.45, 7) is 0. The first-order valence-corrected chi connectivity index (χ1v) is 8.96. The van der Waals surface area contributed by atoms with Crippen LogP contribution in [0.2, 0.25) is 0 Å². The Kier molecular flexibility index (Phi) is 3.63. The van der Waals surface area contributed by atoms with E-state index < -0.39 is 25.9 Å². The Hall–Kier alpha value is -0.700. The fourth-order valence-electron chi connectivity index (χ4n) is 1.55. The van der Waals surface area contributed by atoms with Gasteiger partial charge in [0.2, 0.25) is 10.0 Å². The van der Waals surface area contributed by atoms with Gasteiger partial charge in [-0.15, -0.1) is 0 Å². The predicted octanol–water partition coefficient (Wildman–Crippen LogP) is 1.04. The molecule has 0 saturated carbocycles. The SMILES string of the molecule is O=S1(=O)C=CC(NS(=O)(=O)c2cccc(Br)c2)C1. The van der Waals surface area contributed by atoms with Gasteiger partial charge in [-0.1, -0.05) is 28.1 Å². The highest BCUT2D eigenvalue weighted by atomic mass is 79.9. The van der Waals surface area contributed by atoms with Crippen molar-refractivity contribution in [1.29, 1.82) is 0 Å². The third-order valence-electron chi connectivity index (χ3n) is 2.34. The van der Waals surface area contributed by atoms with Crippen LogP contribution in [-0.4, -0.2) is 28.6 Å². The van der Waals surface area contributed by atoms with Crippen LogP contribution >= 0.6 is 15.9 Å². The molecular formula is C10H10BrNO4S2. The maximum atomic E-state index is 12.0. The summed E-state index contributed by atoms with van der Waals surface area (Å²) in [6.07, 6.45) is 1.34. The molecule has 0 radical (unpaired) electrons. The lowest BCUT2D eigenvalue weighted by Gasteiger charge is -2.10. The van der Waals surface area contributed by atoms with Crippen LogP contribution in [0.1, 0.15) is 0 Å². The number of hydrogen-bond donors (Lipinski definition) is 1. The molecule has 1 atom stereocenters. The van der Waals surface area contributed by atoms with E-state index in [2.05, 4.69) is 20.7 Å². The van der Waals surface area contributed by atoms with E-state index in [0.29, 0.717) is 4.47 Å². The summed E-state index contributed by atoms with van der Waals surface area (Å²) in [7, 11) is -6.99. The normalized spacial score (nSPS) is 22.2. The summed E-state index contributed by atoms with van der Waals surface area (Å²) in [4.78, 5) is 0.0922. The van der Waals surface area contributed by atoms with Crippen LogP contribution in [0.3, 0.4) is 0 Å². The average molecular weight is 352 g/mol. The van der Waals surface area contributed by atoms with Crippen molar-refractivity contribution in [2.75, 3.05) is 5.75 Å². The van der Waals surface area contributed by atoms with E-state index in [1.807, 2.05) is 0 Å². The fraction of sp³-hybridized carbons (Fsp3) is 0.200. The van der Waals surface area contributed by atoms with Gasteiger partial charge in [-0.25, -0.2) is 21.6 Å². The molecule has 0 fully saturated rings. The molecule has 1 N–H and O–H groups in total. The van der Waals surface area contributed by atoms with Crippen molar-refractivity contribution in [3.8, 4) is 0 Å². The van der Waals surface area contributed by atoms with Gasteiger partial charge in [0.1, 0.15) is 0 Å². The van der Waals surface area contributed by atoms with Crippen molar-refractivity contribution < 1.29 is 16.8 Å². The smallest absolute Gasteiger partial charge is 0.224 e. The van der Waals surface area contributed by atoms with Crippen LogP contribution in [0.5, 0.6) is 0 Å². The first kappa shape index (κ1) is 13.7. The number of benzene rings is 1. The van der Waals surface area contributed by atoms with Crippen LogP contribution in [0, 0.1) is 0 Å². The second-order valence-corrected chi connectivity index (χ2v) is 8.40. The third-order valence-corrected chi connectivity index (χ3v) is 5.72. The number of sulfone groups is 1. The molecule has 1 unspecified atom stereocenters. The molecule has 5 nitrogen and oxygen atoms in total. The molecule has 0 aromatic heterocycles. The molecule has 1 aromatic rings. The van der Waals surface area contributed by atoms with Gasteiger partial charge in [0.15, 0.2) is 9.84 Å². The zero-order valence-electron chi connectivity index (χ0n) is 9.08. The van der Waals surface area contributed by atoms with Gasteiger partial charge in [0, 0.05) is 9.88 Å². The molecule has 0 aliphatic carbocycles. The molecule has 0 bridgehead atoms. The maximum Gasteiger partial charge on any atom is 0.241 e. The molecule has 0 saturated heterocycles. The lowest BCUT2D eigenvalue weighted by molar-refractivity contribution is 0.575. The number of rotatable bonds is 3. The summed E-state index contributed by atoms with van der Waals surface area (Å²) in [6, 6.07) is 5.49. The number of hydrogen-bond acceptors (Lipinski definition) is 4. The lowest BCUT2D eigenvalue weighted by atomic mass is 10.4. The van der Waals surface area contributed by atoms with Crippen LogP contribution in [0.15, 0.2) is 45.1 Å². The molecule has 1 aliphatic rings. The van der Waals surface area contributed by atoms with Crippen molar-refractivity contribution in [1.82, 2.24) is 4.72 Å². The highest BCUT2D eigenvalue weighted by molar-refractivity contribution is 9.10. The Morgan fingerprint density at radius 1 is 1.33 bits per heavy atom. The lowest BCUT2D eigenvalue weighted by Crippen LogP contribution is -2.35. The highest BCUT2D eigenvalue weighted by Crippen LogP contribution is 2.17. The minimum Gasteiger partial charge on any atom is -0.224 e. The van der Waals surface area contributed by atoms with Gasteiger partial charge in [-0.05, 0) is 18.2 Å². The molecule has 0 spiro atoms. The summed E-state index contributed by atoms with van der Waals surface area (Å²) >= 11 is 3.18.